The van der Waals surface area contributed by atoms with Gasteiger partial charge in [0.15, 0.2) is 0 Å². The second-order valence-corrected chi connectivity index (χ2v) is 5.85. The van der Waals surface area contributed by atoms with Crippen molar-refractivity contribution >= 4 is 15.5 Å². The van der Waals surface area contributed by atoms with E-state index in [0.29, 0.717) is 13.1 Å². The van der Waals surface area contributed by atoms with Crippen LogP contribution >= 0.6 is 0 Å². The summed E-state index contributed by atoms with van der Waals surface area (Å²) in [5.74, 6) is 0. The summed E-state index contributed by atoms with van der Waals surface area (Å²) in [6.45, 7) is 1.20. The van der Waals surface area contributed by atoms with E-state index in [-0.39, 0.29) is 11.7 Å². The van der Waals surface area contributed by atoms with Crippen LogP contribution in [-0.4, -0.2) is 33.1 Å². The molecule has 1 aromatic rings. The predicted octanol–water partition coefficient (Wildman–Crippen LogP) is 1.36. The molecule has 1 aromatic carbocycles. The molecule has 0 unspecified atom stereocenters. The number of rotatable bonds is 3. The van der Waals surface area contributed by atoms with Crippen LogP contribution in [0.3, 0.4) is 0 Å². The number of para-hydroxylation sites is 1. The largest absolute Gasteiger partial charge is 0.501 e. The van der Waals surface area contributed by atoms with Crippen molar-refractivity contribution in [3.63, 3.8) is 0 Å². The normalized spacial score (nSPS) is 17.3. The highest BCUT2D eigenvalue weighted by Gasteiger charge is 2.48. The molecule has 0 saturated carbocycles. The van der Waals surface area contributed by atoms with Gasteiger partial charge in [0.25, 0.3) is 9.84 Å². The highest BCUT2D eigenvalue weighted by atomic mass is 32.2. The van der Waals surface area contributed by atoms with Crippen molar-refractivity contribution in [2.45, 2.75) is 16.4 Å². The second-order valence-electron chi connectivity index (χ2n) is 3.94. The first-order valence-electron chi connectivity index (χ1n) is 5.20. The van der Waals surface area contributed by atoms with Crippen molar-refractivity contribution in [1.29, 1.82) is 0 Å². The Morgan fingerprint density at radius 2 is 1.83 bits per heavy atom. The van der Waals surface area contributed by atoms with Crippen molar-refractivity contribution in [1.82, 2.24) is 5.32 Å². The lowest BCUT2D eigenvalue weighted by atomic mass is 10.1. The molecule has 1 aliphatic heterocycles. The Morgan fingerprint density at radius 1 is 1.22 bits per heavy atom. The molecule has 2 rings (SSSR count). The van der Waals surface area contributed by atoms with Gasteiger partial charge in [-0.25, -0.2) is 8.42 Å². The minimum Gasteiger partial charge on any atom is -0.379 e. The Morgan fingerprint density at radius 3 is 2.33 bits per heavy atom. The molecular formula is C10H11F3N2O2S. The van der Waals surface area contributed by atoms with Gasteiger partial charge in [0.05, 0.1) is 16.6 Å². The zero-order valence-corrected chi connectivity index (χ0v) is 9.98. The van der Waals surface area contributed by atoms with Gasteiger partial charge in [0.1, 0.15) is 0 Å². The number of hydrogen-bond donors (Lipinski definition) is 2. The zero-order valence-electron chi connectivity index (χ0n) is 9.16. The van der Waals surface area contributed by atoms with Crippen molar-refractivity contribution < 1.29 is 21.6 Å². The van der Waals surface area contributed by atoms with Crippen LogP contribution in [0, 0.1) is 0 Å². The van der Waals surface area contributed by atoms with E-state index in [1.165, 1.54) is 18.2 Å². The van der Waals surface area contributed by atoms with Crippen LogP contribution < -0.4 is 10.6 Å². The Bertz CT molecular complexity index is 538. The van der Waals surface area contributed by atoms with Gasteiger partial charge < -0.3 is 10.6 Å². The number of nitrogens with one attached hydrogen (secondary N) is 2. The van der Waals surface area contributed by atoms with Crippen molar-refractivity contribution in [3.05, 3.63) is 24.3 Å². The quantitative estimate of drug-likeness (QED) is 0.878. The number of anilines is 1. The van der Waals surface area contributed by atoms with E-state index in [1.54, 1.807) is 0 Å². The van der Waals surface area contributed by atoms with E-state index in [1.807, 2.05) is 0 Å². The summed E-state index contributed by atoms with van der Waals surface area (Å²) in [7, 11) is -5.32. The van der Waals surface area contributed by atoms with Gasteiger partial charge in [0.2, 0.25) is 0 Å². The summed E-state index contributed by atoms with van der Waals surface area (Å²) >= 11 is 0. The van der Waals surface area contributed by atoms with E-state index in [2.05, 4.69) is 10.6 Å². The highest BCUT2D eigenvalue weighted by Crippen LogP contribution is 2.34. The molecule has 0 amide bonds. The molecule has 18 heavy (non-hydrogen) atoms. The van der Waals surface area contributed by atoms with Gasteiger partial charge in [0, 0.05) is 13.1 Å². The van der Waals surface area contributed by atoms with Crippen molar-refractivity contribution in [2.24, 2.45) is 0 Å². The molecule has 1 fully saturated rings. The van der Waals surface area contributed by atoms with Crippen LogP contribution in [0.2, 0.25) is 0 Å². The fourth-order valence-electron chi connectivity index (χ4n) is 1.56. The Hall–Kier alpha value is -1.28. The summed E-state index contributed by atoms with van der Waals surface area (Å²) in [5.41, 5.74) is -5.30. The number of alkyl halides is 3. The molecule has 0 atom stereocenters. The van der Waals surface area contributed by atoms with E-state index in [4.69, 9.17) is 0 Å². The van der Waals surface area contributed by atoms with E-state index >= 15 is 0 Å². The number of benzene rings is 1. The lowest BCUT2D eigenvalue weighted by Crippen LogP contribution is -2.51. The van der Waals surface area contributed by atoms with Gasteiger partial charge in [-0.2, -0.15) is 13.2 Å². The average molecular weight is 280 g/mol. The van der Waals surface area contributed by atoms with Gasteiger partial charge in [-0.3, -0.25) is 0 Å². The Labute approximate surface area is 102 Å². The predicted molar refractivity (Wildman–Crippen MR) is 60.0 cm³/mol. The molecule has 8 heteroatoms. The molecule has 1 saturated heterocycles. The minimum atomic E-state index is -5.32. The van der Waals surface area contributed by atoms with Crippen LogP contribution in [-0.2, 0) is 9.84 Å². The molecule has 0 radical (unpaired) electrons. The fourth-order valence-corrected chi connectivity index (χ4v) is 2.48. The number of halogens is 3. The number of sulfone groups is 1. The van der Waals surface area contributed by atoms with Crippen molar-refractivity contribution in [3.8, 4) is 0 Å². The Kier molecular flexibility index (Phi) is 3.24. The van der Waals surface area contributed by atoms with E-state index in [0.717, 1.165) is 6.07 Å². The van der Waals surface area contributed by atoms with Gasteiger partial charge in [-0.15, -0.1) is 0 Å². The maximum Gasteiger partial charge on any atom is 0.501 e. The van der Waals surface area contributed by atoms with Crippen molar-refractivity contribution in [2.75, 3.05) is 18.4 Å². The van der Waals surface area contributed by atoms with Crippen LogP contribution in [0.5, 0.6) is 0 Å². The summed E-state index contributed by atoms with van der Waals surface area (Å²) in [4.78, 5) is -0.732. The maximum atomic E-state index is 12.5. The molecular weight excluding hydrogens is 269 g/mol. The minimum absolute atomic E-state index is 0.0127. The first-order chi connectivity index (χ1) is 8.32. The molecule has 1 heterocycles. The third-order valence-electron chi connectivity index (χ3n) is 2.62. The summed E-state index contributed by atoms with van der Waals surface area (Å²) in [6.07, 6.45) is 0. The average Bonchev–Trinajstić information content (AvgIpc) is 2.22. The lowest BCUT2D eigenvalue weighted by Gasteiger charge is -2.29. The SMILES string of the molecule is O=S(=O)(c1ccccc1NC1CNC1)C(F)(F)F. The van der Waals surface area contributed by atoms with Gasteiger partial charge in [-0.05, 0) is 12.1 Å². The molecule has 0 aliphatic carbocycles. The van der Waals surface area contributed by atoms with Crippen LogP contribution in [0.4, 0.5) is 18.9 Å². The topological polar surface area (TPSA) is 58.2 Å². The summed E-state index contributed by atoms with van der Waals surface area (Å²) in [5, 5.41) is 5.72. The van der Waals surface area contributed by atoms with Gasteiger partial charge in [-0.1, -0.05) is 12.1 Å². The smallest absolute Gasteiger partial charge is 0.379 e. The summed E-state index contributed by atoms with van der Waals surface area (Å²) in [6, 6.07) is 5.00. The van der Waals surface area contributed by atoms with Gasteiger partial charge >= 0.3 is 5.51 Å². The van der Waals surface area contributed by atoms with Crippen LogP contribution in [0.25, 0.3) is 0 Å². The molecule has 0 aromatic heterocycles. The monoisotopic (exact) mass is 280 g/mol. The first-order valence-corrected chi connectivity index (χ1v) is 6.68. The standard InChI is InChI=1S/C10H11F3N2O2S/c11-10(12,13)18(16,17)9-4-2-1-3-8(9)15-7-5-14-6-7/h1-4,7,14-15H,5-6H2. The van der Waals surface area contributed by atoms with Crippen LogP contribution in [0.1, 0.15) is 0 Å². The molecule has 2 N–H and O–H groups in total. The molecule has 0 spiro atoms. The second kappa shape index (κ2) is 4.43. The maximum absolute atomic E-state index is 12.5. The fraction of sp³-hybridized carbons (Fsp3) is 0.400. The number of hydrogen-bond acceptors (Lipinski definition) is 4. The first kappa shape index (κ1) is 13.2. The van der Waals surface area contributed by atoms with E-state index in [9.17, 15) is 21.6 Å². The third-order valence-corrected chi connectivity index (χ3v) is 4.17. The highest BCUT2D eigenvalue weighted by molar-refractivity contribution is 7.92. The molecule has 4 nitrogen and oxygen atoms in total. The Balaban J connectivity index is 2.38. The molecule has 0 bridgehead atoms. The third kappa shape index (κ3) is 2.30. The lowest BCUT2D eigenvalue weighted by molar-refractivity contribution is -0.0435. The van der Waals surface area contributed by atoms with Crippen LogP contribution in [0.15, 0.2) is 29.2 Å². The molecule has 1 aliphatic rings. The summed E-state index contributed by atoms with van der Waals surface area (Å²) < 4.78 is 60.3. The van der Waals surface area contributed by atoms with E-state index < -0.39 is 20.2 Å². The molecule has 100 valence electrons. The zero-order chi connectivity index (χ0) is 13.4.